The van der Waals surface area contributed by atoms with Gasteiger partial charge < -0.3 is 10.1 Å². The lowest BCUT2D eigenvalue weighted by Gasteiger charge is -2.70. The molecule has 0 saturated heterocycles. The molecular formula is C21H22ClFN2O3S. The van der Waals surface area contributed by atoms with Gasteiger partial charge in [-0.15, -0.1) is 11.3 Å². The zero-order valence-electron chi connectivity index (χ0n) is 16.1. The molecule has 8 heteroatoms. The van der Waals surface area contributed by atoms with E-state index in [2.05, 4.69) is 17.2 Å². The number of hydrogen-bond donors (Lipinski definition) is 1. The quantitative estimate of drug-likeness (QED) is 0.584. The highest BCUT2D eigenvalue weighted by Crippen LogP contribution is 2.69. The summed E-state index contributed by atoms with van der Waals surface area (Å²) in [4.78, 5) is 29.8. The Morgan fingerprint density at radius 3 is 2.79 bits per heavy atom. The SMILES string of the molecule is CCCc1ncc(C(=O)CC23CC(NC(=O)COc4ccc(Cl)c(F)c4)(C2)C3)s1. The summed E-state index contributed by atoms with van der Waals surface area (Å²) in [5.74, 6) is -0.420. The third-order valence-corrected chi connectivity index (χ3v) is 7.04. The average Bonchev–Trinajstić information content (AvgIpc) is 3.09. The molecule has 0 radical (unpaired) electrons. The Morgan fingerprint density at radius 1 is 1.34 bits per heavy atom. The molecule has 1 amide bonds. The zero-order valence-corrected chi connectivity index (χ0v) is 17.7. The van der Waals surface area contributed by atoms with Gasteiger partial charge in [-0.2, -0.15) is 0 Å². The minimum atomic E-state index is -0.585. The Balaban J connectivity index is 1.22. The number of ketones is 1. The van der Waals surface area contributed by atoms with E-state index in [1.54, 1.807) is 6.20 Å². The van der Waals surface area contributed by atoms with E-state index in [1.807, 2.05) is 0 Å². The summed E-state index contributed by atoms with van der Waals surface area (Å²) >= 11 is 7.12. The minimum absolute atomic E-state index is 0.00966. The number of aromatic nitrogens is 1. The van der Waals surface area contributed by atoms with Crippen LogP contribution < -0.4 is 10.1 Å². The molecule has 3 fully saturated rings. The van der Waals surface area contributed by atoms with Gasteiger partial charge in [0.1, 0.15) is 11.6 Å². The fraction of sp³-hybridized carbons (Fsp3) is 0.476. The van der Waals surface area contributed by atoms with E-state index in [-0.39, 0.29) is 40.0 Å². The van der Waals surface area contributed by atoms with E-state index in [0.717, 1.165) is 48.1 Å². The van der Waals surface area contributed by atoms with Crippen molar-refractivity contribution in [1.82, 2.24) is 10.3 Å². The second-order valence-corrected chi connectivity index (χ2v) is 9.71. The summed E-state index contributed by atoms with van der Waals surface area (Å²) in [7, 11) is 0. The van der Waals surface area contributed by atoms with Crippen LogP contribution in [-0.2, 0) is 11.2 Å². The normalized spacial score (nSPS) is 24.4. The number of carbonyl (C=O) groups is 2. The first-order chi connectivity index (χ1) is 13.8. The lowest BCUT2D eigenvalue weighted by molar-refractivity contribution is -0.164. The maximum absolute atomic E-state index is 13.4. The van der Waals surface area contributed by atoms with Gasteiger partial charge in [0.05, 0.1) is 14.9 Å². The predicted molar refractivity (Wildman–Crippen MR) is 109 cm³/mol. The maximum atomic E-state index is 13.4. The molecule has 2 aromatic rings. The van der Waals surface area contributed by atoms with Gasteiger partial charge in [-0.05, 0) is 49.7 Å². The van der Waals surface area contributed by atoms with Crippen LogP contribution in [0.2, 0.25) is 5.02 Å². The van der Waals surface area contributed by atoms with Crippen LogP contribution in [0.3, 0.4) is 0 Å². The zero-order chi connectivity index (χ0) is 20.6. The van der Waals surface area contributed by atoms with Crippen molar-refractivity contribution >= 4 is 34.6 Å². The highest BCUT2D eigenvalue weighted by molar-refractivity contribution is 7.13. The molecule has 2 bridgehead atoms. The van der Waals surface area contributed by atoms with Crippen LogP contribution in [0.5, 0.6) is 5.75 Å². The Hall–Kier alpha value is -1.99. The number of ether oxygens (including phenoxy) is 1. The first-order valence-electron chi connectivity index (χ1n) is 9.69. The smallest absolute Gasteiger partial charge is 0.258 e. The number of nitrogens with one attached hydrogen (secondary N) is 1. The molecule has 3 aliphatic carbocycles. The van der Waals surface area contributed by atoms with Crippen LogP contribution in [0, 0.1) is 11.2 Å². The van der Waals surface area contributed by atoms with E-state index in [4.69, 9.17) is 16.3 Å². The standard InChI is InChI=1S/C21H22ClFN2O3S/c1-2-3-19-24-8-17(29-19)16(26)7-20-10-21(11-20,12-20)25-18(27)9-28-13-4-5-14(22)15(23)6-13/h4-6,8H,2-3,7,9-12H2,1H3,(H,25,27). The monoisotopic (exact) mass is 436 g/mol. The Morgan fingerprint density at radius 2 is 2.10 bits per heavy atom. The van der Waals surface area contributed by atoms with Gasteiger partial charge in [-0.1, -0.05) is 18.5 Å². The van der Waals surface area contributed by atoms with Crippen molar-refractivity contribution in [2.45, 2.75) is 51.0 Å². The van der Waals surface area contributed by atoms with Gasteiger partial charge in [0.25, 0.3) is 5.91 Å². The molecule has 3 aliphatic rings. The molecule has 1 heterocycles. The number of rotatable bonds is 9. The van der Waals surface area contributed by atoms with Crippen molar-refractivity contribution in [3.05, 3.63) is 45.1 Å². The topological polar surface area (TPSA) is 68.3 Å². The van der Waals surface area contributed by atoms with Crippen molar-refractivity contribution < 1.29 is 18.7 Å². The number of amides is 1. The molecule has 1 aromatic carbocycles. The van der Waals surface area contributed by atoms with Crippen LogP contribution >= 0.6 is 22.9 Å². The van der Waals surface area contributed by atoms with Crippen LogP contribution in [0.4, 0.5) is 4.39 Å². The van der Waals surface area contributed by atoms with Crippen LogP contribution in [0.25, 0.3) is 0 Å². The van der Waals surface area contributed by atoms with Crippen molar-refractivity contribution in [2.75, 3.05) is 6.61 Å². The van der Waals surface area contributed by atoms with Crippen molar-refractivity contribution in [1.29, 1.82) is 0 Å². The maximum Gasteiger partial charge on any atom is 0.258 e. The molecule has 1 aromatic heterocycles. The Labute approximate surface area is 177 Å². The minimum Gasteiger partial charge on any atom is -0.484 e. The lowest BCUT2D eigenvalue weighted by atomic mass is 9.38. The molecule has 1 N–H and O–H groups in total. The molecule has 5 nitrogen and oxygen atoms in total. The van der Waals surface area contributed by atoms with E-state index in [1.165, 1.54) is 23.5 Å². The molecule has 5 rings (SSSR count). The van der Waals surface area contributed by atoms with E-state index >= 15 is 0 Å². The number of hydrogen-bond acceptors (Lipinski definition) is 5. The number of benzene rings is 1. The summed E-state index contributed by atoms with van der Waals surface area (Å²) in [6, 6.07) is 4.06. The average molecular weight is 437 g/mol. The lowest BCUT2D eigenvalue weighted by Crippen LogP contribution is -2.75. The second-order valence-electron chi connectivity index (χ2n) is 8.19. The van der Waals surface area contributed by atoms with Gasteiger partial charge in [-0.25, -0.2) is 9.37 Å². The van der Waals surface area contributed by atoms with Gasteiger partial charge in [-0.3, -0.25) is 9.59 Å². The molecular weight excluding hydrogens is 415 g/mol. The molecule has 0 unspecified atom stereocenters. The molecule has 0 spiro atoms. The fourth-order valence-electron chi connectivity index (χ4n) is 4.56. The van der Waals surface area contributed by atoms with Crippen molar-refractivity contribution in [3.63, 3.8) is 0 Å². The number of thiazole rings is 1. The van der Waals surface area contributed by atoms with E-state index in [9.17, 15) is 14.0 Å². The van der Waals surface area contributed by atoms with Gasteiger partial charge in [0.15, 0.2) is 12.4 Å². The summed E-state index contributed by atoms with van der Waals surface area (Å²) < 4.78 is 18.7. The van der Waals surface area contributed by atoms with E-state index < -0.39 is 5.82 Å². The first kappa shape index (κ1) is 20.3. The predicted octanol–water partition coefficient (Wildman–Crippen LogP) is 4.58. The number of nitrogens with zero attached hydrogens (tertiary/aromatic N) is 1. The molecule has 0 aliphatic heterocycles. The van der Waals surface area contributed by atoms with Crippen LogP contribution in [-0.4, -0.2) is 28.8 Å². The van der Waals surface area contributed by atoms with Crippen molar-refractivity contribution in [2.24, 2.45) is 5.41 Å². The number of carbonyl (C=O) groups excluding carboxylic acids is 2. The van der Waals surface area contributed by atoms with Gasteiger partial charge >= 0.3 is 0 Å². The second kappa shape index (κ2) is 7.69. The fourth-order valence-corrected chi connectivity index (χ4v) is 5.64. The Bertz CT molecular complexity index is 941. The number of Topliss-reactive ketones (excluding diaryl/α,β-unsaturated/α-hetero) is 1. The molecule has 154 valence electrons. The largest absolute Gasteiger partial charge is 0.484 e. The summed E-state index contributed by atoms with van der Waals surface area (Å²) in [5, 5.41) is 4.03. The van der Waals surface area contributed by atoms with Gasteiger partial charge in [0.2, 0.25) is 0 Å². The van der Waals surface area contributed by atoms with E-state index in [0.29, 0.717) is 6.42 Å². The third kappa shape index (κ3) is 4.16. The summed E-state index contributed by atoms with van der Waals surface area (Å²) in [5.41, 5.74) is -0.202. The molecule has 0 atom stereocenters. The van der Waals surface area contributed by atoms with Gasteiger partial charge in [0, 0.05) is 24.2 Å². The number of aryl methyl sites for hydroxylation is 1. The first-order valence-corrected chi connectivity index (χ1v) is 10.9. The summed E-state index contributed by atoms with van der Waals surface area (Å²) in [6.07, 6.45) is 6.57. The van der Waals surface area contributed by atoms with Crippen LogP contribution in [0.15, 0.2) is 24.4 Å². The van der Waals surface area contributed by atoms with Crippen LogP contribution in [0.1, 0.15) is 53.7 Å². The Kier molecular flexibility index (Phi) is 5.38. The highest BCUT2D eigenvalue weighted by Gasteiger charge is 2.68. The number of halogens is 2. The molecule has 29 heavy (non-hydrogen) atoms. The highest BCUT2D eigenvalue weighted by atomic mass is 35.5. The molecule has 3 saturated carbocycles. The van der Waals surface area contributed by atoms with Crippen molar-refractivity contribution in [3.8, 4) is 5.75 Å². The third-order valence-electron chi connectivity index (χ3n) is 5.63. The summed E-state index contributed by atoms with van der Waals surface area (Å²) in [6.45, 7) is 1.91.